The highest BCUT2D eigenvalue weighted by Crippen LogP contribution is 2.33. The van der Waals surface area contributed by atoms with Gasteiger partial charge in [-0.15, -0.1) is 0 Å². The van der Waals surface area contributed by atoms with Crippen LogP contribution >= 0.6 is 0 Å². The van der Waals surface area contributed by atoms with E-state index in [9.17, 15) is 5.11 Å². The normalized spacial score (nSPS) is 18.4. The van der Waals surface area contributed by atoms with Gasteiger partial charge in [0, 0.05) is 12.5 Å². The molecule has 0 aliphatic heterocycles. The topological polar surface area (TPSA) is 38.7 Å². The van der Waals surface area contributed by atoms with Crippen LogP contribution in [0.5, 0.6) is 11.5 Å². The average Bonchev–Trinajstić information content (AvgIpc) is 2.38. The largest absolute Gasteiger partial charge is 0.497 e. The van der Waals surface area contributed by atoms with Crippen LogP contribution < -0.4 is 9.47 Å². The maximum absolute atomic E-state index is 10.6. The molecular weight excluding hydrogens is 228 g/mol. The van der Waals surface area contributed by atoms with Crippen molar-refractivity contribution < 1.29 is 14.6 Å². The smallest absolute Gasteiger partial charge is 0.122 e. The van der Waals surface area contributed by atoms with Crippen molar-refractivity contribution in [3.05, 3.63) is 23.8 Å². The van der Waals surface area contributed by atoms with Crippen LogP contribution in [0, 0.1) is 0 Å². The van der Waals surface area contributed by atoms with Crippen LogP contribution in [-0.4, -0.2) is 24.9 Å². The first-order valence-electron chi connectivity index (χ1n) is 6.59. The molecule has 0 atom stereocenters. The van der Waals surface area contributed by atoms with Crippen molar-refractivity contribution in [1.82, 2.24) is 0 Å². The van der Waals surface area contributed by atoms with Gasteiger partial charge in [0.25, 0.3) is 0 Å². The van der Waals surface area contributed by atoms with E-state index in [0.29, 0.717) is 6.42 Å². The molecule has 100 valence electrons. The summed E-state index contributed by atoms with van der Waals surface area (Å²) in [6, 6.07) is 5.82. The maximum Gasteiger partial charge on any atom is 0.122 e. The Morgan fingerprint density at radius 2 is 1.56 bits per heavy atom. The monoisotopic (exact) mass is 250 g/mol. The molecule has 1 saturated carbocycles. The zero-order chi connectivity index (χ0) is 13.0. The van der Waals surface area contributed by atoms with E-state index in [1.165, 1.54) is 6.42 Å². The Morgan fingerprint density at radius 3 is 2.06 bits per heavy atom. The molecule has 18 heavy (non-hydrogen) atoms. The lowest BCUT2D eigenvalue weighted by atomic mass is 9.80. The maximum atomic E-state index is 10.6. The van der Waals surface area contributed by atoms with Gasteiger partial charge in [0.1, 0.15) is 11.5 Å². The predicted molar refractivity (Wildman–Crippen MR) is 71.3 cm³/mol. The number of ether oxygens (including phenoxy) is 2. The summed E-state index contributed by atoms with van der Waals surface area (Å²) in [6.07, 6.45) is 5.96. The van der Waals surface area contributed by atoms with Gasteiger partial charge in [-0.1, -0.05) is 19.3 Å². The molecule has 2 rings (SSSR count). The number of rotatable bonds is 4. The van der Waals surface area contributed by atoms with Crippen molar-refractivity contribution in [3.8, 4) is 11.5 Å². The highest BCUT2D eigenvalue weighted by molar-refractivity contribution is 5.39. The lowest BCUT2D eigenvalue weighted by molar-refractivity contribution is 0.00444. The standard InChI is InChI=1S/C15H22O3/c1-17-13-8-12(9-14(10-13)18-2)11-15(16)6-4-3-5-7-15/h8-10,16H,3-7,11H2,1-2H3. The molecule has 0 bridgehead atoms. The van der Waals surface area contributed by atoms with Gasteiger partial charge in [-0.2, -0.15) is 0 Å². The Bertz CT molecular complexity index is 372. The Kier molecular flexibility index (Phi) is 4.12. The summed E-state index contributed by atoms with van der Waals surface area (Å²) in [5, 5.41) is 10.6. The van der Waals surface area contributed by atoms with E-state index in [0.717, 1.165) is 42.7 Å². The fraction of sp³-hybridized carbons (Fsp3) is 0.600. The van der Waals surface area contributed by atoms with Crippen molar-refractivity contribution in [3.63, 3.8) is 0 Å². The van der Waals surface area contributed by atoms with Gasteiger partial charge in [0.2, 0.25) is 0 Å². The van der Waals surface area contributed by atoms with E-state index in [4.69, 9.17) is 9.47 Å². The molecule has 0 amide bonds. The Balaban J connectivity index is 2.16. The highest BCUT2D eigenvalue weighted by atomic mass is 16.5. The molecule has 1 aliphatic carbocycles. The van der Waals surface area contributed by atoms with Crippen molar-refractivity contribution in [2.45, 2.75) is 44.1 Å². The number of benzene rings is 1. The molecule has 0 aromatic heterocycles. The Morgan fingerprint density at radius 1 is 1.00 bits per heavy atom. The number of hydrogen-bond acceptors (Lipinski definition) is 3. The van der Waals surface area contributed by atoms with E-state index in [1.807, 2.05) is 18.2 Å². The van der Waals surface area contributed by atoms with Crippen LogP contribution in [-0.2, 0) is 6.42 Å². The summed E-state index contributed by atoms with van der Waals surface area (Å²) in [7, 11) is 3.29. The van der Waals surface area contributed by atoms with Gasteiger partial charge >= 0.3 is 0 Å². The molecule has 0 spiro atoms. The van der Waals surface area contributed by atoms with Crippen molar-refractivity contribution in [2.24, 2.45) is 0 Å². The van der Waals surface area contributed by atoms with Gasteiger partial charge in [0.15, 0.2) is 0 Å². The second-order valence-corrected chi connectivity index (χ2v) is 5.18. The number of aliphatic hydroxyl groups is 1. The molecule has 1 aliphatic rings. The predicted octanol–water partition coefficient (Wildman–Crippen LogP) is 2.94. The van der Waals surface area contributed by atoms with E-state index in [2.05, 4.69) is 0 Å². The molecule has 0 radical (unpaired) electrons. The van der Waals surface area contributed by atoms with E-state index in [1.54, 1.807) is 14.2 Å². The molecule has 1 aromatic rings. The van der Waals surface area contributed by atoms with Crippen LogP contribution in [0.15, 0.2) is 18.2 Å². The molecule has 0 heterocycles. The van der Waals surface area contributed by atoms with Crippen LogP contribution in [0.4, 0.5) is 0 Å². The zero-order valence-electron chi connectivity index (χ0n) is 11.2. The first kappa shape index (κ1) is 13.2. The highest BCUT2D eigenvalue weighted by Gasteiger charge is 2.29. The number of hydrogen-bond donors (Lipinski definition) is 1. The zero-order valence-corrected chi connectivity index (χ0v) is 11.2. The first-order chi connectivity index (χ1) is 8.65. The molecule has 1 N–H and O–H groups in total. The molecule has 1 aromatic carbocycles. The van der Waals surface area contributed by atoms with E-state index < -0.39 is 5.60 Å². The molecule has 1 fully saturated rings. The summed E-state index contributed by atoms with van der Waals surface area (Å²) in [5.41, 5.74) is 0.533. The van der Waals surface area contributed by atoms with Crippen LogP contribution in [0.1, 0.15) is 37.7 Å². The fourth-order valence-corrected chi connectivity index (χ4v) is 2.74. The van der Waals surface area contributed by atoms with Gasteiger partial charge in [-0.25, -0.2) is 0 Å². The van der Waals surface area contributed by atoms with Gasteiger partial charge in [-0.05, 0) is 30.5 Å². The van der Waals surface area contributed by atoms with Gasteiger partial charge in [-0.3, -0.25) is 0 Å². The molecular formula is C15H22O3. The van der Waals surface area contributed by atoms with Crippen LogP contribution in [0.25, 0.3) is 0 Å². The average molecular weight is 250 g/mol. The minimum Gasteiger partial charge on any atom is -0.497 e. The second kappa shape index (κ2) is 5.61. The molecule has 0 saturated heterocycles. The summed E-state index contributed by atoms with van der Waals surface area (Å²) < 4.78 is 10.5. The Hall–Kier alpha value is -1.22. The van der Waals surface area contributed by atoms with Crippen LogP contribution in [0.3, 0.4) is 0 Å². The Labute approximate surface area is 109 Å². The quantitative estimate of drug-likeness (QED) is 0.893. The minimum atomic E-state index is -0.546. The summed E-state index contributed by atoms with van der Waals surface area (Å²) in [6.45, 7) is 0. The van der Waals surface area contributed by atoms with Crippen molar-refractivity contribution in [1.29, 1.82) is 0 Å². The lowest BCUT2D eigenvalue weighted by Gasteiger charge is -2.32. The van der Waals surface area contributed by atoms with E-state index in [-0.39, 0.29) is 0 Å². The van der Waals surface area contributed by atoms with Crippen molar-refractivity contribution in [2.75, 3.05) is 14.2 Å². The van der Waals surface area contributed by atoms with Gasteiger partial charge < -0.3 is 14.6 Å². The van der Waals surface area contributed by atoms with E-state index >= 15 is 0 Å². The van der Waals surface area contributed by atoms with Crippen molar-refractivity contribution >= 4 is 0 Å². The van der Waals surface area contributed by atoms with Gasteiger partial charge in [0.05, 0.1) is 19.8 Å². The second-order valence-electron chi connectivity index (χ2n) is 5.18. The molecule has 3 heteroatoms. The third-order valence-electron chi connectivity index (χ3n) is 3.73. The van der Waals surface area contributed by atoms with Crippen LogP contribution in [0.2, 0.25) is 0 Å². The molecule has 0 unspecified atom stereocenters. The minimum absolute atomic E-state index is 0.546. The molecule has 3 nitrogen and oxygen atoms in total. The first-order valence-corrected chi connectivity index (χ1v) is 6.59. The summed E-state index contributed by atoms with van der Waals surface area (Å²) >= 11 is 0. The third kappa shape index (κ3) is 3.16. The fourth-order valence-electron chi connectivity index (χ4n) is 2.74. The lowest BCUT2D eigenvalue weighted by Crippen LogP contribution is -2.33. The third-order valence-corrected chi connectivity index (χ3v) is 3.73. The number of methoxy groups -OCH3 is 2. The summed E-state index contributed by atoms with van der Waals surface area (Å²) in [4.78, 5) is 0. The summed E-state index contributed by atoms with van der Waals surface area (Å²) in [5.74, 6) is 1.56. The SMILES string of the molecule is COc1cc(CC2(O)CCCCC2)cc(OC)c1.